The van der Waals surface area contributed by atoms with Crippen LogP contribution in [0.3, 0.4) is 0 Å². The summed E-state index contributed by atoms with van der Waals surface area (Å²) in [5.41, 5.74) is 7.60. The zero-order chi connectivity index (χ0) is 11.3. The van der Waals surface area contributed by atoms with Crippen LogP contribution in [0.1, 0.15) is 30.9 Å². The molecule has 0 bridgehead atoms. The Kier molecular flexibility index (Phi) is 4.49. The number of thiocarbonyl (C=S) groups is 1. The van der Waals surface area contributed by atoms with Gasteiger partial charge in [0, 0.05) is 12.7 Å². The van der Waals surface area contributed by atoms with Gasteiger partial charge in [0.2, 0.25) is 0 Å². The maximum atomic E-state index is 5.67. The summed E-state index contributed by atoms with van der Waals surface area (Å²) < 4.78 is 0. The van der Waals surface area contributed by atoms with Crippen LogP contribution in [0.15, 0.2) is 12.3 Å². The van der Waals surface area contributed by atoms with Crippen molar-refractivity contribution < 1.29 is 0 Å². The zero-order valence-electron chi connectivity index (χ0n) is 9.21. The second-order valence-corrected chi connectivity index (χ2v) is 3.94. The van der Waals surface area contributed by atoms with Crippen molar-refractivity contribution in [3.8, 4) is 0 Å². The fourth-order valence-electron chi connectivity index (χ4n) is 1.39. The summed E-state index contributed by atoms with van der Waals surface area (Å²) in [6.45, 7) is 5.05. The van der Waals surface area contributed by atoms with Gasteiger partial charge in [-0.15, -0.1) is 0 Å². The molecule has 1 aromatic rings. The Hall–Kier alpha value is -1.16. The van der Waals surface area contributed by atoms with Gasteiger partial charge in [0.1, 0.15) is 10.8 Å². The van der Waals surface area contributed by atoms with Crippen molar-refractivity contribution in [2.24, 2.45) is 5.73 Å². The first-order chi connectivity index (χ1) is 7.16. The molecule has 1 rings (SSSR count). The SMILES string of the molecule is CCCCNc1nccc(C)c1C(N)=S. The molecule has 1 aromatic heterocycles. The Bertz CT molecular complexity index is 350. The molecule has 0 unspecified atom stereocenters. The van der Waals surface area contributed by atoms with Crippen LogP contribution in [0, 0.1) is 6.92 Å². The van der Waals surface area contributed by atoms with Gasteiger partial charge in [-0.05, 0) is 25.0 Å². The van der Waals surface area contributed by atoms with Crippen LogP contribution in [-0.4, -0.2) is 16.5 Å². The molecule has 3 N–H and O–H groups in total. The lowest BCUT2D eigenvalue weighted by Crippen LogP contribution is -2.16. The molecule has 0 fully saturated rings. The summed E-state index contributed by atoms with van der Waals surface area (Å²) in [7, 11) is 0. The lowest BCUT2D eigenvalue weighted by Gasteiger charge is -2.11. The lowest BCUT2D eigenvalue weighted by atomic mass is 10.1. The monoisotopic (exact) mass is 223 g/mol. The van der Waals surface area contributed by atoms with Crippen molar-refractivity contribution in [3.63, 3.8) is 0 Å². The molecule has 0 aliphatic rings. The van der Waals surface area contributed by atoms with E-state index in [4.69, 9.17) is 18.0 Å². The van der Waals surface area contributed by atoms with Crippen molar-refractivity contribution in [1.82, 2.24) is 4.98 Å². The van der Waals surface area contributed by atoms with E-state index < -0.39 is 0 Å². The molecule has 3 nitrogen and oxygen atoms in total. The largest absolute Gasteiger partial charge is 0.389 e. The maximum Gasteiger partial charge on any atom is 0.136 e. The Morgan fingerprint density at radius 1 is 1.60 bits per heavy atom. The van der Waals surface area contributed by atoms with Crippen LogP contribution in [0.5, 0.6) is 0 Å². The molecule has 0 aliphatic carbocycles. The van der Waals surface area contributed by atoms with Gasteiger partial charge in [-0.1, -0.05) is 25.6 Å². The van der Waals surface area contributed by atoms with Gasteiger partial charge in [0.15, 0.2) is 0 Å². The first-order valence-corrected chi connectivity index (χ1v) is 5.57. The van der Waals surface area contributed by atoms with Crippen LogP contribution >= 0.6 is 12.2 Å². The van der Waals surface area contributed by atoms with Crippen LogP contribution in [0.2, 0.25) is 0 Å². The molecule has 4 heteroatoms. The van der Waals surface area contributed by atoms with Gasteiger partial charge in [0.05, 0.1) is 5.56 Å². The third-order valence-electron chi connectivity index (χ3n) is 2.23. The van der Waals surface area contributed by atoms with Crippen LogP contribution in [0.25, 0.3) is 0 Å². The van der Waals surface area contributed by atoms with E-state index in [0.717, 1.165) is 36.3 Å². The Labute approximate surface area is 96.1 Å². The number of nitrogens with two attached hydrogens (primary N) is 1. The number of nitrogens with one attached hydrogen (secondary N) is 1. The van der Waals surface area contributed by atoms with Gasteiger partial charge in [-0.25, -0.2) is 4.98 Å². The highest BCUT2D eigenvalue weighted by Crippen LogP contribution is 2.16. The molecule has 0 spiro atoms. The Morgan fingerprint density at radius 2 is 2.33 bits per heavy atom. The molecule has 0 aromatic carbocycles. The van der Waals surface area contributed by atoms with E-state index in [1.165, 1.54) is 0 Å². The molecule has 0 amide bonds. The minimum Gasteiger partial charge on any atom is -0.389 e. The maximum absolute atomic E-state index is 5.67. The van der Waals surface area contributed by atoms with Crippen molar-refractivity contribution in [3.05, 3.63) is 23.4 Å². The summed E-state index contributed by atoms with van der Waals surface area (Å²) in [6, 6.07) is 1.92. The Morgan fingerprint density at radius 3 is 2.93 bits per heavy atom. The number of anilines is 1. The van der Waals surface area contributed by atoms with Crippen molar-refractivity contribution >= 4 is 23.0 Å². The highest BCUT2D eigenvalue weighted by Gasteiger charge is 2.08. The zero-order valence-corrected chi connectivity index (χ0v) is 10.0. The number of hydrogen-bond donors (Lipinski definition) is 2. The van der Waals surface area contributed by atoms with Gasteiger partial charge >= 0.3 is 0 Å². The van der Waals surface area contributed by atoms with E-state index in [2.05, 4.69) is 17.2 Å². The minimum atomic E-state index is 0.402. The highest BCUT2D eigenvalue weighted by atomic mass is 32.1. The average Bonchev–Trinajstić information content (AvgIpc) is 2.17. The average molecular weight is 223 g/mol. The summed E-state index contributed by atoms with van der Waals surface area (Å²) in [4.78, 5) is 4.66. The molecule has 0 saturated heterocycles. The third-order valence-corrected chi connectivity index (χ3v) is 2.43. The molecule has 15 heavy (non-hydrogen) atoms. The number of unbranched alkanes of at least 4 members (excludes halogenated alkanes) is 1. The topological polar surface area (TPSA) is 50.9 Å². The number of aromatic nitrogens is 1. The van der Waals surface area contributed by atoms with Crippen LogP contribution in [-0.2, 0) is 0 Å². The van der Waals surface area contributed by atoms with Gasteiger partial charge in [-0.2, -0.15) is 0 Å². The lowest BCUT2D eigenvalue weighted by molar-refractivity contribution is 0.830. The van der Waals surface area contributed by atoms with Gasteiger partial charge in [0.25, 0.3) is 0 Å². The predicted molar refractivity (Wildman–Crippen MR) is 68.3 cm³/mol. The molecular formula is C11H17N3S. The molecular weight excluding hydrogens is 206 g/mol. The standard InChI is InChI=1S/C11H17N3S/c1-3-4-6-13-11-9(10(12)15)8(2)5-7-14-11/h5,7H,3-4,6H2,1-2H3,(H2,12,15)(H,13,14). The highest BCUT2D eigenvalue weighted by molar-refractivity contribution is 7.80. The second-order valence-electron chi connectivity index (χ2n) is 3.50. The Balaban J connectivity index is 2.86. The van der Waals surface area contributed by atoms with Gasteiger partial charge < -0.3 is 11.1 Å². The van der Waals surface area contributed by atoms with E-state index in [1.54, 1.807) is 6.20 Å². The molecule has 0 radical (unpaired) electrons. The van der Waals surface area contributed by atoms with E-state index in [-0.39, 0.29) is 0 Å². The first-order valence-electron chi connectivity index (χ1n) is 5.16. The van der Waals surface area contributed by atoms with E-state index in [9.17, 15) is 0 Å². The third kappa shape index (κ3) is 3.16. The number of pyridine rings is 1. The number of aryl methyl sites for hydroxylation is 1. The van der Waals surface area contributed by atoms with Crippen LogP contribution < -0.4 is 11.1 Å². The van der Waals surface area contributed by atoms with E-state index >= 15 is 0 Å². The number of hydrogen-bond acceptors (Lipinski definition) is 3. The van der Waals surface area contributed by atoms with Crippen LogP contribution in [0.4, 0.5) is 5.82 Å². The van der Waals surface area contributed by atoms with Crippen molar-refractivity contribution in [2.75, 3.05) is 11.9 Å². The summed E-state index contributed by atoms with van der Waals surface area (Å²) in [5, 5.41) is 3.26. The molecule has 1 heterocycles. The molecule has 0 saturated carbocycles. The number of nitrogens with zero attached hydrogens (tertiary/aromatic N) is 1. The quantitative estimate of drug-likeness (QED) is 0.594. The summed E-state index contributed by atoms with van der Waals surface area (Å²) >= 11 is 5.01. The smallest absolute Gasteiger partial charge is 0.136 e. The molecule has 0 atom stereocenters. The fourth-order valence-corrected chi connectivity index (χ4v) is 1.64. The predicted octanol–water partition coefficient (Wildman–Crippen LogP) is 2.24. The molecule has 82 valence electrons. The molecule has 0 aliphatic heterocycles. The second kappa shape index (κ2) is 5.66. The summed E-state index contributed by atoms with van der Waals surface area (Å²) in [6.07, 6.45) is 4.04. The van der Waals surface area contributed by atoms with E-state index in [0.29, 0.717) is 4.99 Å². The minimum absolute atomic E-state index is 0.402. The normalized spacial score (nSPS) is 10.0. The van der Waals surface area contributed by atoms with Crippen molar-refractivity contribution in [1.29, 1.82) is 0 Å². The number of rotatable bonds is 5. The van der Waals surface area contributed by atoms with Crippen molar-refractivity contribution in [2.45, 2.75) is 26.7 Å². The fraction of sp³-hybridized carbons (Fsp3) is 0.455. The first kappa shape index (κ1) is 11.9. The van der Waals surface area contributed by atoms with E-state index in [1.807, 2.05) is 13.0 Å². The van der Waals surface area contributed by atoms with Gasteiger partial charge in [-0.3, -0.25) is 0 Å². The summed E-state index contributed by atoms with van der Waals surface area (Å²) in [5.74, 6) is 0.802.